The first-order valence-corrected chi connectivity index (χ1v) is 14.6. The Kier molecular flexibility index (Phi) is 11.9. The predicted molar refractivity (Wildman–Crippen MR) is 178 cm³/mol. The SMILES string of the molecule is CC(C)(C)OC(=O)Nc1ccc(NC(=O)c2ccc(Cl)o2)cc1.CC(C)(C)OC(=O)Nc1ccc(NC(=O)c2ccc([N+](=O)[O-])o2)cc1. The molecule has 0 saturated carbocycles. The normalized spacial score (nSPS) is 10.9. The van der Waals surface area contributed by atoms with Crippen molar-refractivity contribution in [3.8, 4) is 0 Å². The summed E-state index contributed by atoms with van der Waals surface area (Å²) in [6, 6.07) is 18.1. The van der Waals surface area contributed by atoms with Gasteiger partial charge in [0.15, 0.2) is 16.7 Å². The maximum absolute atomic E-state index is 12.0. The van der Waals surface area contributed by atoms with Crippen molar-refractivity contribution in [2.24, 2.45) is 0 Å². The number of ether oxygens (including phenoxy) is 2. The van der Waals surface area contributed by atoms with E-state index >= 15 is 0 Å². The second-order valence-electron chi connectivity index (χ2n) is 11.8. The Morgan fingerprint density at radius 3 is 1.27 bits per heavy atom. The van der Waals surface area contributed by atoms with Crippen LogP contribution in [0.1, 0.15) is 62.7 Å². The van der Waals surface area contributed by atoms with Gasteiger partial charge < -0.3 is 28.9 Å². The first-order chi connectivity index (χ1) is 22.4. The lowest BCUT2D eigenvalue weighted by Gasteiger charge is -2.19. The highest BCUT2D eigenvalue weighted by molar-refractivity contribution is 6.29. The van der Waals surface area contributed by atoms with Gasteiger partial charge in [-0.15, -0.1) is 0 Å². The van der Waals surface area contributed by atoms with Crippen molar-refractivity contribution in [3.05, 3.63) is 99.7 Å². The Hall–Kier alpha value is -5.83. The van der Waals surface area contributed by atoms with Crippen molar-refractivity contribution in [1.29, 1.82) is 0 Å². The average molecular weight is 684 g/mol. The molecule has 0 spiro atoms. The maximum atomic E-state index is 12.0. The number of furan rings is 2. The van der Waals surface area contributed by atoms with Crippen molar-refractivity contribution in [3.63, 3.8) is 0 Å². The summed E-state index contributed by atoms with van der Waals surface area (Å²) in [6.45, 7) is 10.6. The molecule has 2 heterocycles. The van der Waals surface area contributed by atoms with Gasteiger partial charge in [0.05, 0.1) is 6.07 Å². The maximum Gasteiger partial charge on any atom is 0.433 e. The van der Waals surface area contributed by atoms with Crippen molar-refractivity contribution in [2.75, 3.05) is 21.3 Å². The van der Waals surface area contributed by atoms with E-state index in [4.69, 9.17) is 29.9 Å². The molecule has 2 aromatic heterocycles. The number of carbonyl (C=O) groups excluding carboxylic acids is 4. The average Bonchev–Trinajstić information content (AvgIpc) is 3.64. The van der Waals surface area contributed by atoms with Gasteiger partial charge in [0, 0.05) is 22.7 Å². The van der Waals surface area contributed by atoms with E-state index in [-0.39, 0.29) is 16.7 Å². The lowest BCUT2D eigenvalue weighted by Crippen LogP contribution is -2.27. The Balaban J connectivity index is 0.000000261. The Bertz CT molecular complexity index is 1750. The number of amides is 4. The Morgan fingerprint density at radius 2 is 0.958 bits per heavy atom. The van der Waals surface area contributed by atoms with Gasteiger partial charge in [-0.2, -0.15) is 0 Å². The molecule has 4 amide bonds. The molecular formula is C32H34ClN5O10. The zero-order valence-corrected chi connectivity index (χ0v) is 27.6. The zero-order valence-electron chi connectivity index (χ0n) is 26.8. The zero-order chi connectivity index (χ0) is 35.6. The highest BCUT2D eigenvalue weighted by Gasteiger charge is 2.19. The summed E-state index contributed by atoms with van der Waals surface area (Å²) in [7, 11) is 0. The van der Waals surface area contributed by atoms with E-state index in [1.807, 2.05) is 0 Å². The fourth-order valence-electron chi connectivity index (χ4n) is 3.49. The van der Waals surface area contributed by atoms with Gasteiger partial charge >= 0.3 is 18.1 Å². The fourth-order valence-corrected chi connectivity index (χ4v) is 3.63. The van der Waals surface area contributed by atoms with E-state index in [0.717, 1.165) is 6.07 Å². The van der Waals surface area contributed by atoms with E-state index in [0.29, 0.717) is 22.7 Å². The summed E-state index contributed by atoms with van der Waals surface area (Å²) >= 11 is 5.62. The standard InChI is InChI=1S/C16H17ClN2O4.C16H17N3O6/c1-16(2,3)23-15(21)19-11-6-4-10(5-7-11)18-14(20)12-8-9-13(17)22-12;1-16(2,3)25-15(21)18-11-6-4-10(5-7-11)17-14(20)12-8-9-13(24-12)19(22)23/h4-9H,1-3H3,(H,18,20)(H,19,21);4-9H,1-3H3,(H,17,20)(H,18,21). The minimum absolute atomic E-state index is 0.117. The van der Waals surface area contributed by atoms with Crippen LogP contribution >= 0.6 is 11.6 Å². The third-order valence-electron chi connectivity index (χ3n) is 5.37. The van der Waals surface area contributed by atoms with Gasteiger partial charge in [0.2, 0.25) is 0 Å². The number of hydrogen-bond donors (Lipinski definition) is 4. The second kappa shape index (κ2) is 15.6. The van der Waals surface area contributed by atoms with Crippen molar-refractivity contribution < 1.29 is 42.4 Å². The quantitative estimate of drug-likeness (QED) is 0.108. The first kappa shape index (κ1) is 36.6. The molecule has 2 aromatic carbocycles. The number of anilines is 4. The van der Waals surface area contributed by atoms with Crippen LogP contribution in [0.3, 0.4) is 0 Å². The van der Waals surface area contributed by atoms with E-state index in [1.54, 1.807) is 90.1 Å². The van der Waals surface area contributed by atoms with E-state index in [2.05, 4.69) is 21.3 Å². The van der Waals surface area contributed by atoms with Gasteiger partial charge in [-0.05, 0) is 120 Å². The smallest absolute Gasteiger partial charge is 0.433 e. The Morgan fingerprint density at radius 1 is 0.604 bits per heavy atom. The number of nitrogens with zero attached hydrogens (tertiary/aromatic N) is 1. The molecular weight excluding hydrogens is 650 g/mol. The molecule has 4 aromatic rings. The molecule has 0 aliphatic heterocycles. The lowest BCUT2D eigenvalue weighted by atomic mass is 10.2. The topological polar surface area (TPSA) is 204 Å². The third-order valence-corrected chi connectivity index (χ3v) is 5.57. The van der Waals surface area contributed by atoms with Gasteiger partial charge in [0.1, 0.15) is 16.1 Å². The minimum Gasteiger partial charge on any atom is -0.444 e. The molecule has 4 rings (SSSR count). The van der Waals surface area contributed by atoms with E-state index in [1.165, 1.54) is 18.2 Å². The summed E-state index contributed by atoms with van der Waals surface area (Å²) in [5.74, 6) is -1.61. The van der Waals surface area contributed by atoms with Crippen LogP contribution in [-0.2, 0) is 9.47 Å². The summed E-state index contributed by atoms with van der Waals surface area (Å²) in [5.41, 5.74) is 0.849. The van der Waals surface area contributed by atoms with Crippen LogP contribution in [0.15, 0.2) is 81.6 Å². The number of halogens is 1. The first-order valence-electron chi connectivity index (χ1n) is 14.2. The molecule has 0 fully saturated rings. The summed E-state index contributed by atoms with van der Waals surface area (Å²) in [5, 5.41) is 21.0. The number of carbonyl (C=O) groups is 4. The van der Waals surface area contributed by atoms with Crippen LogP contribution in [0.25, 0.3) is 0 Å². The molecule has 254 valence electrons. The number of nitro groups is 1. The molecule has 0 bridgehead atoms. The van der Waals surface area contributed by atoms with Gasteiger partial charge in [-0.1, -0.05) is 0 Å². The minimum atomic E-state index is -0.728. The van der Waals surface area contributed by atoms with E-state index < -0.39 is 46.0 Å². The molecule has 48 heavy (non-hydrogen) atoms. The summed E-state index contributed by atoms with van der Waals surface area (Å²) < 4.78 is 20.1. The van der Waals surface area contributed by atoms with Crippen LogP contribution in [0.5, 0.6) is 0 Å². The van der Waals surface area contributed by atoms with Crippen molar-refractivity contribution in [2.45, 2.75) is 52.7 Å². The predicted octanol–water partition coefficient (Wildman–Crippen LogP) is 8.32. The van der Waals surface area contributed by atoms with Gasteiger partial charge in [0.25, 0.3) is 11.8 Å². The molecule has 4 N–H and O–H groups in total. The van der Waals surface area contributed by atoms with E-state index in [9.17, 15) is 29.3 Å². The molecule has 0 radical (unpaired) electrons. The van der Waals surface area contributed by atoms with Crippen molar-refractivity contribution in [1.82, 2.24) is 0 Å². The molecule has 15 nitrogen and oxygen atoms in total. The van der Waals surface area contributed by atoms with Crippen LogP contribution in [0.2, 0.25) is 5.22 Å². The van der Waals surface area contributed by atoms with Gasteiger partial charge in [-0.25, -0.2) is 9.59 Å². The Labute approximate surface area is 280 Å². The molecule has 0 unspecified atom stereocenters. The lowest BCUT2D eigenvalue weighted by molar-refractivity contribution is -0.402. The number of benzene rings is 2. The van der Waals surface area contributed by atoms with Crippen molar-refractivity contribution >= 4 is 64.2 Å². The van der Waals surface area contributed by atoms with Gasteiger partial charge in [-0.3, -0.25) is 30.3 Å². The molecule has 16 heteroatoms. The number of hydrogen-bond acceptors (Lipinski definition) is 10. The summed E-state index contributed by atoms with van der Waals surface area (Å²) in [4.78, 5) is 57.0. The fraction of sp³-hybridized carbons (Fsp3) is 0.250. The summed E-state index contributed by atoms with van der Waals surface area (Å²) in [6.07, 6.45) is -1.13. The highest BCUT2D eigenvalue weighted by atomic mass is 35.5. The second-order valence-corrected chi connectivity index (χ2v) is 12.2. The number of rotatable bonds is 7. The molecule has 0 saturated heterocycles. The van der Waals surface area contributed by atoms with Crippen LogP contribution in [0.4, 0.5) is 38.2 Å². The van der Waals surface area contributed by atoms with Crippen LogP contribution in [0, 0.1) is 10.1 Å². The van der Waals surface area contributed by atoms with Crippen LogP contribution in [-0.4, -0.2) is 40.1 Å². The highest BCUT2D eigenvalue weighted by Crippen LogP contribution is 2.20. The third kappa shape index (κ3) is 12.5. The molecule has 0 aliphatic rings. The molecule has 0 aliphatic carbocycles. The largest absolute Gasteiger partial charge is 0.444 e. The number of nitrogens with one attached hydrogen (secondary N) is 4. The van der Waals surface area contributed by atoms with Crippen LogP contribution < -0.4 is 21.3 Å². The monoisotopic (exact) mass is 683 g/mol. The molecule has 0 atom stereocenters.